The first-order valence-electron chi connectivity index (χ1n) is 6.66. The van der Waals surface area contributed by atoms with Gasteiger partial charge in [-0.3, -0.25) is 4.98 Å². The van der Waals surface area contributed by atoms with Crippen molar-refractivity contribution < 1.29 is 4.74 Å². The number of hydrogen-bond donors (Lipinski definition) is 0. The van der Waals surface area contributed by atoms with Crippen LogP contribution >= 0.6 is 15.9 Å². The average Bonchev–Trinajstić information content (AvgIpc) is 2.76. The van der Waals surface area contributed by atoms with Crippen molar-refractivity contribution in [3.05, 3.63) is 35.5 Å². The molecule has 0 aliphatic rings. The van der Waals surface area contributed by atoms with Gasteiger partial charge in [0.1, 0.15) is 11.3 Å². The van der Waals surface area contributed by atoms with Gasteiger partial charge in [0.15, 0.2) is 0 Å². The van der Waals surface area contributed by atoms with E-state index in [0.29, 0.717) is 6.73 Å². The molecule has 108 valence electrons. The Labute approximate surface area is 129 Å². The molecule has 0 aromatic carbocycles. The zero-order chi connectivity index (χ0) is 14.6. The van der Waals surface area contributed by atoms with E-state index in [1.54, 1.807) is 18.7 Å². The first kappa shape index (κ1) is 15.4. The Kier molecular flexibility index (Phi) is 5.12. The molecule has 2 heterocycles. The first-order chi connectivity index (χ1) is 9.47. The van der Waals surface area contributed by atoms with E-state index in [4.69, 9.17) is 4.74 Å². The molecule has 4 nitrogen and oxygen atoms in total. The van der Waals surface area contributed by atoms with Crippen molar-refractivity contribution in [3.63, 3.8) is 0 Å². The van der Waals surface area contributed by atoms with Crippen molar-refractivity contribution in [1.82, 2.24) is 14.5 Å². The van der Waals surface area contributed by atoms with Gasteiger partial charge in [-0.2, -0.15) is 0 Å². The summed E-state index contributed by atoms with van der Waals surface area (Å²) in [5, 5.41) is 0. The van der Waals surface area contributed by atoms with Gasteiger partial charge >= 0.3 is 0 Å². The Morgan fingerprint density at radius 3 is 2.60 bits per heavy atom. The summed E-state index contributed by atoms with van der Waals surface area (Å²) in [6.07, 6.45) is 5.37. The smallest absolute Gasteiger partial charge is 0.132 e. The van der Waals surface area contributed by atoms with Gasteiger partial charge < -0.3 is 9.30 Å². The number of nitrogens with zero attached hydrogens (tertiary/aromatic N) is 3. The highest BCUT2D eigenvalue weighted by Crippen LogP contribution is 2.26. The molecule has 0 unspecified atom stereocenters. The average molecular weight is 354 g/mol. The molecule has 20 heavy (non-hydrogen) atoms. The summed E-state index contributed by atoms with van der Waals surface area (Å²) < 4.78 is 8.64. The van der Waals surface area contributed by atoms with Crippen molar-refractivity contribution in [2.45, 2.75) is 32.4 Å². The molecule has 0 aliphatic heterocycles. The number of rotatable bonds is 6. The van der Waals surface area contributed by atoms with Crippen LogP contribution in [0.1, 0.15) is 0 Å². The van der Waals surface area contributed by atoms with Crippen LogP contribution < -0.4 is 0 Å². The number of aromatic nitrogens is 3. The molecule has 0 amide bonds. The highest BCUT2D eigenvalue weighted by Gasteiger charge is 2.13. The maximum atomic E-state index is 5.79. The normalized spacial score (nSPS) is 11.8. The Balaban J connectivity index is 2.03. The SMILES string of the molecule is C[Si](C)(C)CCOCn1cnc(Br)c1-c1ccncc1. The largest absolute Gasteiger partial charge is 0.361 e. The molecule has 0 saturated heterocycles. The monoisotopic (exact) mass is 353 g/mol. The zero-order valence-electron chi connectivity index (χ0n) is 12.1. The molecule has 2 aromatic heterocycles. The quantitative estimate of drug-likeness (QED) is 0.581. The van der Waals surface area contributed by atoms with Gasteiger partial charge in [0, 0.05) is 32.6 Å². The van der Waals surface area contributed by atoms with E-state index >= 15 is 0 Å². The van der Waals surface area contributed by atoms with Crippen molar-refractivity contribution in [3.8, 4) is 11.3 Å². The summed E-state index contributed by atoms with van der Waals surface area (Å²) in [6.45, 7) is 8.40. The molecule has 0 atom stereocenters. The molecule has 0 N–H and O–H groups in total. The van der Waals surface area contributed by atoms with E-state index in [0.717, 1.165) is 22.5 Å². The van der Waals surface area contributed by atoms with Crippen LogP contribution in [0.15, 0.2) is 35.5 Å². The van der Waals surface area contributed by atoms with E-state index in [1.807, 2.05) is 16.7 Å². The lowest BCUT2D eigenvalue weighted by Gasteiger charge is -2.16. The van der Waals surface area contributed by atoms with E-state index in [-0.39, 0.29) is 0 Å². The van der Waals surface area contributed by atoms with Crippen LogP contribution in [0.25, 0.3) is 11.3 Å². The van der Waals surface area contributed by atoms with Crippen molar-refractivity contribution >= 4 is 24.0 Å². The van der Waals surface area contributed by atoms with Crippen LogP contribution in [-0.2, 0) is 11.5 Å². The van der Waals surface area contributed by atoms with Gasteiger partial charge in [-0.1, -0.05) is 19.6 Å². The van der Waals surface area contributed by atoms with Gasteiger partial charge in [-0.05, 0) is 34.1 Å². The fourth-order valence-electron chi connectivity index (χ4n) is 1.79. The van der Waals surface area contributed by atoms with Gasteiger partial charge in [0.25, 0.3) is 0 Å². The standard InChI is InChI=1S/C14H20BrN3OSi/c1-20(2,3)9-8-19-11-18-10-17-14(15)13(18)12-4-6-16-7-5-12/h4-7,10H,8-9,11H2,1-3H3. The van der Waals surface area contributed by atoms with Crippen molar-refractivity contribution in [1.29, 1.82) is 0 Å². The summed E-state index contributed by atoms with van der Waals surface area (Å²) >= 11 is 3.49. The third-order valence-electron chi connectivity index (χ3n) is 2.97. The second-order valence-corrected chi connectivity index (χ2v) is 12.3. The predicted molar refractivity (Wildman–Crippen MR) is 87.3 cm³/mol. The van der Waals surface area contributed by atoms with Gasteiger partial charge in [-0.15, -0.1) is 0 Å². The van der Waals surface area contributed by atoms with Crippen LogP contribution in [0.5, 0.6) is 0 Å². The van der Waals surface area contributed by atoms with Crippen LogP contribution in [0.2, 0.25) is 25.7 Å². The Morgan fingerprint density at radius 2 is 1.95 bits per heavy atom. The number of hydrogen-bond acceptors (Lipinski definition) is 3. The lowest BCUT2D eigenvalue weighted by atomic mass is 10.2. The van der Waals surface area contributed by atoms with E-state index in [1.165, 1.54) is 6.04 Å². The highest BCUT2D eigenvalue weighted by molar-refractivity contribution is 9.10. The van der Waals surface area contributed by atoms with Crippen molar-refractivity contribution in [2.24, 2.45) is 0 Å². The number of pyridine rings is 1. The number of imidazole rings is 1. The van der Waals surface area contributed by atoms with Crippen LogP contribution in [0.3, 0.4) is 0 Å². The predicted octanol–water partition coefficient (Wildman–Crippen LogP) is 4.02. The zero-order valence-corrected chi connectivity index (χ0v) is 14.7. The Morgan fingerprint density at radius 1 is 1.25 bits per heavy atom. The minimum atomic E-state index is -1.04. The maximum absolute atomic E-state index is 5.79. The molecule has 0 aliphatic carbocycles. The molecule has 2 rings (SSSR count). The van der Waals surface area contributed by atoms with Crippen molar-refractivity contribution in [2.75, 3.05) is 6.61 Å². The Bertz CT molecular complexity index is 551. The summed E-state index contributed by atoms with van der Waals surface area (Å²) in [5.41, 5.74) is 2.11. The summed E-state index contributed by atoms with van der Waals surface area (Å²) in [6, 6.07) is 5.12. The fraction of sp³-hybridized carbons (Fsp3) is 0.429. The second-order valence-electron chi connectivity index (χ2n) is 5.94. The minimum absolute atomic E-state index is 0.529. The van der Waals surface area contributed by atoms with Gasteiger partial charge in [0.2, 0.25) is 0 Å². The topological polar surface area (TPSA) is 39.9 Å². The Hall–Kier alpha value is -0.983. The number of halogens is 1. The van der Waals surface area contributed by atoms with E-state index in [9.17, 15) is 0 Å². The summed E-state index contributed by atoms with van der Waals surface area (Å²) in [7, 11) is -1.04. The summed E-state index contributed by atoms with van der Waals surface area (Å²) in [5.74, 6) is 0. The molecule has 2 aromatic rings. The van der Waals surface area contributed by atoms with E-state index < -0.39 is 8.07 Å². The molecule has 0 radical (unpaired) electrons. The fourth-order valence-corrected chi connectivity index (χ4v) is 3.10. The lowest BCUT2D eigenvalue weighted by molar-refractivity contribution is 0.0881. The minimum Gasteiger partial charge on any atom is -0.361 e. The van der Waals surface area contributed by atoms with Crippen LogP contribution in [0.4, 0.5) is 0 Å². The molecule has 6 heteroatoms. The van der Waals surface area contributed by atoms with Crippen LogP contribution in [0, 0.1) is 0 Å². The summed E-state index contributed by atoms with van der Waals surface area (Å²) in [4.78, 5) is 8.35. The third kappa shape index (κ3) is 4.26. The van der Waals surface area contributed by atoms with E-state index in [2.05, 4.69) is 45.5 Å². The van der Waals surface area contributed by atoms with Crippen LogP contribution in [-0.4, -0.2) is 29.2 Å². The molecule has 0 saturated carbocycles. The maximum Gasteiger partial charge on any atom is 0.132 e. The lowest BCUT2D eigenvalue weighted by Crippen LogP contribution is -2.22. The van der Waals surface area contributed by atoms with Gasteiger partial charge in [0.05, 0.1) is 12.0 Å². The van der Waals surface area contributed by atoms with Gasteiger partial charge in [-0.25, -0.2) is 4.98 Å². The molecular weight excluding hydrogens is 334 g/mol. The molecule has 0 bridgehead atoms. The first-order valence-corrected chi connectivity index (χ1v) is 11.2. The molecule has 0 spiro atoms. The number of ether oxygens (including phenoxy) is 1. The second kappa shape index (κ2) is 6.65. The molecule has 0 fully saturated rings. The molecular formula is C14H20BrN3OSi. The highest BCUT2D eigenvalue weighted by atomic mass is 79.9. The third-order valence-corrected chi connectivity index (χ3v) is 5.26.